The zero-order valence-corrected chi connectivity index (χ0v) is 9.83. The SMILES string of the molecule is CNc1ccc(CNCC2CCCO2)cc1. The van der Waals surface area contributed by atoms with Gasteiger partial charge in [-0.1, -0.05) is 12.1 Å². The van der Waals surface area contributed by atoms with Gasteiger partial charge in [-0.2, -0.15) is 0 Å². The van der Waals surface area contributed by atoms with E-state index in [-0.39, 0.29) is 0 Å². The molecule has 0 saturated carbocycles. The lowest BCUT2D eigenvalue weighted by molar-refractivity contribution is 0.110. The van der Waals surface area contributed by atoms with Crippen molar-refractivity contribution < 1.29 is 4.74 Å². The van der Waals surface area contributed by atoms with Gasteiger partial charge in [-0.05, 0) is 30.5 Å². The summed E-state index contributed by atoms with van der Waals surface area (Å²) in [5.74, 6) is 0. The molecule has 1 unspecified atom stereocenters. The average Bonchev–Trinajstić information content (AvgIpc) is 2.83. The average molecular weight is 220 g/mol. The first-order valence-corrected chi connectivity index (χ1v) is 5.97. The van der Waals surface area contributed by atoms with Crippen molar-refractivity contribution in [1.29, 1.82) is 0 Å². The van der Waals surface area contributed by atoms with Crippen molar-refractivity contribution in [2.45, 2.75) is 25.5 Å². The molecule has 88 valence electrons. The molecule has 0 radical (unpaired) electrons. The van der Waals surface area contributed by atoms with E-state index in [0.717, 1.165) is 25.4 Å². The van der Waals surface area contributed by atoms with E-state index < -0.39 is 0 Å². The fourth-order valence-electron chi connectivity index (χ4n) is 1.97. The number of anilines is 1. The third-order valence-corrected chi connectivity index (χ3v) is 2.97. The summed E-state index contributed by atoms with van der Waals surface area (Å²) in [7, 11) is 1.94. The Kier molecular flexibility index (Phi) is 4.19. The Balaban J connectivity index is 1.71. The Morgan fingerprint density at radius 2 is 2.12 bits per heavy atom. The van der Waals surface area contributed by atoms with Crippen LogP contribution in [0.25, 0.3) is 0 Å². The summed E-state index contributed by atoms with van der Waals surface area (Å²) in [5.41, 5.74) is 2.47. The van der Waals surface area contributed by atoms with E-state index in [1.807, 2.05) is 7.05 Å². The van der Waals surface area contributed by atoms with Gasteiger partial charge in [-0.15, -0.1) is 0 Å². The number of nitrogens with one attached hydrogen (secondary N) is 2. The number of hydrogen-bond acceptors (Lipinski definition) is 3. The van der Waals surface area contributed by atoms with Crippen molar-refractivity contribution in [3.63, 3.8) is 0 Å². The maximum absolute atomic E-state index is 5.55. The van der Waals surface area contributed by atoms with Gasteiger partial charge in [-0.3, -0.25) is 0 Å². The molecule has 2 rings (SSSR count). The lowest BCUT2D eigenvalue weighted by Gasteiger charge is -2.10. The van der Waals surface area contributed by atoms with Gasteiger partial charge < -0.3 is 15.4 Å². The van der Waals surface area contributed by atoms with Crippen LogP contribution < -0.4 is 10.6 Å². The van der Waals surface area contributed by atoms with E-state index in [1.165, 1.54) is 18.4 Å². The number of rotatable bonds is 5. The Bertz CT molecular complexity index is 304. The molecule has 1 aromatic carbocycles. The number of hydrogen-bond donors (Lipinski definition) is 2. The predicted octanol–water partition coefficient (Wildman–Crippen LogP) is 2.00. The summed E-state index contributed by atoms with van der Waals surface area (Å²) < 4.78 is 5.55. The predicted molar refractivity (Wildman–Crippen MR) is 66.7 cm³/mol. The van der Waals surface area contributed by atoms with Crippen molar-refractivity contribution in [2.75, 3.05) is 25.5 Å². The Hall–Kier alpha value is -1.06. The quantitative estimate of drug-likeness (QED) is 0.796. The van der Waals surface area contributed by atoms with Crippen molar-refractivity contribution in [3.05, 3.63) is 29.8 Å². The van der Waals surface area contributed by atoms with Gasteiger partial charge in [0.1, 0.15) is 0 Å². The van der Waals surface area contributed by atoms with E-state index >= 15 is 0 Å². The van der Waals surface area contributed by atoms with Crippen LogP contribution in [0, 0.1) is 0 Å². The van der Waals surface area contributed by atoms with E-state index in [1.54, 1.807) is 0 Å². The van der Waals surface area contributed by atoms with E-state index in [2.05, 4.69) is 34.9 Å². The molecule has 0 spiro atoms. The fraction of sp³-hybridized carbons (Fsp3) is 0.538. The topological polar surface area (TPSA) is 33.3 Å². The van der Waals surface area contributed by atoms with Gasteiger partial charge in [-0.25, -0.2) is 0 Å². The van der Waals surface area contributed by atoms with Crippen molar-refractivity contribution in [3.8, 4) is 0 Å². The van der Waals surface area contributed by atoms with Gasteiger partial charge in [0.25, 0.3) is 0 Å². The van der Waals surface area contributed by atoms with Crippen LogP contribution in [0.4, 0.5) is 5.69 Å². The van der Waals surface area contributed by atoms with Crippen LogP contribution in [0.2, 0.25) is 0 Å². The van der Waals surface area contributed by atoms with Crippen LogP contribution in [-0.2, 0) is 11.3 Å². The van der Waals surface area contributed by atoms with Crippen molar-refractivity contribution >= 4 is 5.69 Å². The largest absolute Gasteiger partial charge is 0.388 e. The van der Waals surface area contributed by atoms with Crippen LogP contribution in [0.1, 0.15) is 18.4 Å². The molecule has 2 N–H and O–H groups in total. The molecule has 0 bridgehead atoms. The normalized spacial score (nSPS) is 19.9. The summed E-state index contributed by atoms with van der Waals surface area (Å²) in [6, 6.07) is 8.49. The van der Waals surface area contributed by atoms with Gasteiger partial charge in [0.2, 0.25) is 0 Å². The second kappa shape index (κ2) is 5.87. The van der Waals surface area contributed by atoms with E-state index in [4.69, 9.17) is 4.74 Å². The highest BCUT2D eigenvalue weighted by molar-refractivity contribution is 5.43. The first kappa shape index (κ1) is 11.4. The minimum absolute atomic E-state index is 0.427. The van der Waals surface area contributed by atoms with Crippen LogP contribution >= 0.6 is 0 Å². The van der Waals surface area contributed by atoms with E-state index in [9.17, 15) is 0 Å². The highest BCUT2D eigenvalue weighted by Crippen LogP contribution is 2.11. The highest BCUT2D eigenvalue weighted by atomic mass is 16.5. The minimum Gasteiger partial charge on any atom is -0.388 e. The number of benzene rings is 1. The summed E-state index contributed by atoms with van der Waals surface area (Å²) in [6.45, 7) is 2.82. The van der Waals surface area contributed by atoms with Crippen LogP contribution in [0.5, 0.6) is 0 Å². The fourth-order valence-corrected chi connectivity index (χ4v) is 1.97. The molecule has 1 aliphatic heterocycles. The summed E-state index contributed by atoms with van der Waals surface area (Å²) in [4.78, 5) is 0. The standard InChI is InChI=1S/C13H20N2O/c1-14-12-6-4-11(5-7-12)9-15-10-13-3-2-8-16-13/h4-7,13-15H,2-3,8-10H2,1H3. The third-order valence-electron chi connectivity index (χ3n) is 2.97. The summed E-state index contributed by atoms with van der Waals surface area (Å²) in [5, 5.41) is 6.55. The van der Waals surface area contributed by atoms with Crippen LogP contribution in [-0.4, -0.2) is 26.3 Å². The van der Waals surface area contributed by atoms with Gasteiger partial charge in [0.15, 0.2) is 0 Å². The molecule has 16 heavy (non-hydrogen) atoms. The molecule has 1 heterocycles. The smallest absolute Gasteiger partial charge is 0.0700 e. The van der Waals surface area contributed by atoms with Gasteiger partial charge >= 0.3 is 0 Å². The number of ether oxygens (including phenoxy) is 1. The molecule has 1 aliphatic rings. The first-order chi connectivity index (χ1) is 7.88. The zero-order valence-electron chi connectivity index (χ0n) is 9.83. The molecule has 3 heteroatoms. The van der Waals surface area contributed by atoms with E-state index in [0.29, 0.717) is 6.10 Å². The molecule has 1 aromatic rings. The molecule has 0 aromatic heterocycles. The zero-order chi connectivity index (χ0) is 11.2. The third kappa shape index (κ3) is 3.22. The monoisotopic (exact) mass is 220 g/mol. The van der Waals surface area contributed by atoms with Crippen LogP contribution in [0.3, 0.4) is 0 Å². The Labute approximate surface area is 97.2 Å². The summed E-state index contributed by atoms with van der Waals surface area (Å²) in [6.07, 6.45) is 2.84. The summed E-state index contributed by atoms with van der Waals surface area (Å²) >= 11 is 0. The molecule has 1 atom stereocenters. The maximum atomic E-state index is 5.55. The van der Waals surface area contributed by atoms with Gasteiger partial charge in [0, 0.05) is 32.4 Å². The van der Waals surface area contributed by atoms with Crippen molar-refractivity contribution in [1.82, 2.24) is 5.32 Å². The van der Waals surface area contributed by atoms with Gasteiger partial charge in [0.05, 0.1) is 6.10 Å². The molecule has 1 saturated heterocycles. The highest BCUT2D eigenvalue weighted by Gasteiger charge is 2.14. The molecule has 0 amide bonds. The van der Waals surface area contributed by atoms with Crippen LogP contribution in [0.15, 0.2) is 24.3 Å². The molecular formula is C13H20N2O. The lowest BCUT2D eigenvalue weighted by atomic mass is 10.2. The molecular weight excluding hydrogens is 200 g/mol. The first-order valence-electron chi connectivity index (χ1n) is 5.97. The molecule has 1 fully saturated rings. The Morgan fingerprint density at radius 1 is 1.31 bits per heavy atom. The second-order valence-electron chi connectivity index (χ2n) is 4.21. The lowest BCUT2D eigenvalue weighted by Crippen LogP contribution is -2.25. The molecule has 0 aliphatic carbocycles. The van der Waals surface area contributed by atoms with Crippen molar-refractivity contribution in [2.24, 2.45) is 0 Å². The maximum Gasteiger partial charge on any atom is 0.0700 e. The second-order valence-corrected chi connectivity index (χ2v) is 4.21. The molecule has 3 nitrogen and oxygen atoms in total. The minimum atomic E-state index is 0.427. The Morgan fingerprint density at radius 3 is 2.75 bits per heavy atom.